The summed E-state index contributed by atoms with van der Waals surface area (Å²) in [6.07, 6.45) is 3.30. The highest BCUT2D eigenvalue weighted by Crippen LogP contribution is 2.16. The van der Waals surface area contributed by atoms with Crippen LogP contribution in [0.4, 0.5) is 0 Å². The molecular formula is C14H17ClN4O. The number of hydrogen-bond acceptors (Lipinski definition) is 3. The van der Waals surface area contributed by atoms with Crippen molar-refractivity contribution in [2.24, 2.45) is 5.73 Å². The predicted molar refractivity (Wildman–Crippen MR) is 78.6 cm³/mol. The minimum absolute atomic E-state index is 0.112. The summed E-state index contributed by atoms with van der Waals surface area (Å²) in [7, 11) is 0. The van der Waals surface area contributed by atoms with Crippen LogP contribution in [0.2, 0.25) is 5.02 Å². The van der Waals surface area contributed by atoms with E-state index in [0.29, 0.717) is 23.8 Å². The number of halogens is 1. The van der Waals surface area contributed by atoms with E-state index >= 15 is 0 Å². The van der Waals surface area contributed by atoms with Crippen molar-refractivity contribution < 1.29 is 4.79 Å². The number of nitrogens with zero attached hydrogens (tertiary/aromatic N) is 2. The Morgan fingerprint density at radius 3 is 2.80 bits per heavy atom. The summed E-state index contributed by atoms with van der Waals surface area (Å²) in [5, 5.41) is 3.57. The molecule has 106 valence electrons. The fourth-order valence-electron chi connectivity index (χ4n) is 1.85. The van der Waals surface area contributed by atoms with Crippen LogP contribution >= 0.6 is 11.6 Å². The van der Waals surface area contributed by atoms with Gasteiger partial charge in [-0.2, -0.15) is 0 Å². The van der Waals surface area contributed by atoms with Crippen LogP contribution in [0.5, 0.6) is 0 Å². The second kappa shape index (κ2) is 6.54. The number of hydrogen-bond donors (Lipinski definition) is 2. The van der Waals surface area contributed by atoms with Gasteiger partial charge in [-0.25, -0.2) is 4.98 Å². The highest BCUT2D eigenvalue weighted by atomic mass is 35.5. The molecule has 0 saturated heterocycles. The molecule has 6 heteroatoms. The first-order chi connectivity index (χ1) is 9.60. The monoisotopic (exact) mass is 292 g/mol. The van der Waals surface area contributed by atoms with Crippen LogP contribution in [-0.4, -0.2) is 22.0 Å². The summed E-state index contributed by atoms with van der Waals surface area (Å²) in [4.78, 5) is 16.1. The van der Waals surface area contributed by atoms with Crippen molar-refractivity contribution in [3.8, 4) is 0 Å². The number of nitrogens with two attached hydrogens (primary N) is 1. The molecule has 0 aliphatic rings. The fraction of sp³-hybridized carbons (Fsp3) is 0.286. The Balaban J connectivity index is 2.01. The van der Waals surface area contributed by atoms with Gasteiger partial charge in [-0.1, -0.05) is 23.7 Å². The second-order valence-corrected chi connectivity index (χ2v) is 4.97. The van der Waals surface area contributed by atoms with Gasteiger partial charge in [0.05, 0.1) is 12.4 Å². The van der Waals surface area contributed by atoms with Gasteiger partial charge in [0.25, 0.3) is 5.91 Å². The van der Waals surface area contributed by atoms with Crippen molar-refractivity contribution in [2.45, 2.75) is 19.5 Å². The summed E-state index contributed by atoms with van der Waals surface area (Å²) in [5.41, 5.74) is 6.83. The van der Waals surface area contributed by atoms with Gasteiger partial charge in [-0.15, -0.1) is 0 Å². The zero-order chi connectivity index (χ0) is 14.5. The van der Waals surface area contributed by atoms with Gasteiger partial charge >= 0.3 is 0 Å². The number of aromatic nitrogens is 2. The van der Waals surface area contributed by atoms with Crippen LogP contribution in [0.25, 0.3) is 0 Å². The molecule has 5 nitrogen and oxygen atoms in total. The van der Waals surface area contributed by atoms with E-state index in [-0.39, 0.29) is 11.9 Å². The van der Waals surface area contributed by atoms with E-state index in [2.05, 4.69) is 10.3 Å². The lowest BCUT2D eigenvalue weighted by molar-refractivity contribution is 0.0935. The molecule has 1 atom stereocenters. The summed E-state index contributed by atoms with van der Waals surface area (Å²) in [6, 6.07) is 7.27. The van der Waals surface area contributed by atoms with E-state index < -0.39 is 0 Å². The van der Waals surface area contributed by atoms with Crippen LogP contribution in [-0.2, 0) is 6.54 Å². The average Bonchev–Trinajstić information content (AvgIpc) is 2.88. The van der Waals surface area contributed by atoms with Crippen molar-refractivity contribution >= 4 is 17.5 Å². The van der Waals surface area contributed by atoms with Crippen molar-refractivity contribution in [3.05, 3.63) is 53.1 Å². The largest absolute Gasteiger partial charge is 0.344 e. The molecule has 1 amide bonds. The summed E-state index contributed by atoms with van der Waals surface area (Å²) < 4.78 is 1.79. The van der Waals surface area contributed by atoms with Gasteiger partial charge in [-0.3, -0.25) is 4.79 Å². The molecule has 3 N–H and O–H groups in total. The van der Waals surface area contributed by atoms with Crippen molar-refractivity contribution in [2.75, 3.05) is 6.54 Å². The minimum atomic E-state index is -0.205. The van der Waals surface area contributed by atoms with Crippen molar-refractivity contribution in [3.63, 3.8) is 0 Å². The van der Waals surface area contributed by atoms with Crippen LogP contribution < -0.4 is 11.1 Å². The highest BCUT2D eigenvalue weighted by molar-refractivity contribution is 6.30. The van der Waals surface area contributed by atoms with E-state index in [4.69, 9.17) is 17.3 Å². The molecule has 0 aliphatic carbocycles. The molecule has 0 spiro atoms. The number of benzene rings is 1. The van der Waals surface area contributed by atoms with Gasteiger partial charge in [0, 0.05) is 24.3 Å². The normalized spacial score (nSPS) is 12.2. The Morgan fingerprint density at radius 1 is 1.45 bits per heavy atom. The number of carbonyl (C=O) groups is 1. The molecule has 0 fully saturated rings. The topological polar surface area (TPSA) is 72.9 Å². The molecule has 0 bridgehead atoms. The van der Waals surface area contributed by atoms with E-state index in [0.717, 1.165) is 5.56 Å². The molecule has 2 aromatic rings. The first-order valence-corrected chi connectivity index (χ1v) is 6.76. The molecule has 1 heterocycles. The molecular weight excluding hydrogens is 276 g/mol. The van der Waals surface area contributed by atoms with Gasteiger partial charge in [-0.05, 0) is 24.6 Å². The Labute approximate surface area is 122 Å². The maximum atomic E-state index is 12.1. The van der Waals surface area contributed by atoms with Crippen molar-refractivity contribution in [1.82, 2.24) is 14.9 Å². The van der Waals surface area contributed by atoms with E-state index in [1.165, 1.54) is 0 Å². The Morgan fingerprint density at radius 2 is 2.15 bits per heavy atom. The molecule has 20 heavy (non-hydrogen) atoms. The van der Waals surface area contributed by atoms with Gasteiger partial charge in [0.15, 0.2) is 0 Å². The molecule has 1 aromatic heterocycles. The second-order valence-electron chi connectivity index (χ2n) is 4.53. The first-order valence-electron chi connectivity index (χ1n) is 6.38. The molecule has 0 aliphatic heterocycles. The van der Waals surface area contributed by atoms with Crippen LogP contribution in [0, 0.1) is 0 Å². The average molecular weight is 293 g/mol. The highest BCUT2D eigenvalue weighted by Gasteiger charge is 2.13. The third-order valence-corrected chi connectivity index (χ3v) is 3.22. The molecule has 1 aromatic carbocycles. The predicted octanol–water partition coefficient (Wildman–Crippen LogP) is 1.99. The Bertz CT molecular complexity index is 579. The number of carbonyl (C=O) groups excluding carboxylic acids is 1. The van der Waals surface area contributed by atoms with E-state index in [9.17, 15) is 4.79 Å². The maximum absolute atomic E-state index is 12.1. The number of rotatable bonds is 5. The van der Waals surface area contributed by atoms with Gasteiger partial charge < -0.3 is 15.6 Å². The lowest BCUT2D eigenvalue weighted by atomic mass is 10.1. The third-order valence-electron chi connectivity index (χ3n) is 2.97. The number of amides is 1. The summed E-state index contributed by atoms with van der Waals surface area (Å²) in [5.74, 6) is -0.205. The number of imidazole rings is 1. The smallest absolute Gasteiger partial charge is 0.271 e. The standard InChI is InChI=1S/C14H17ClN4O/c1-10(11-2-4-12(15)5-3-11)18-14(20)13-8-19(7-6-16)9-17-13/h2-5,8-10H,6-7,16H2,1H3,(H,18,20)/t10-/m1/s1. The summed E-state index contributed by atoms with van der Waals surface area (Å²) >= 11 is 5.84. The third kappa shape index (κ3) is 3.59. The lowest BCUT2D eigenvalue weighted by Crippen LogP contribution is -2.26. The van der Waals surface area contributed by atoms with Crippen LogP contribution in [0.15, 0.2) is 36.8 Å². The van der Waals surface area contributed by atoms with Crippen LogP contribution in [0.1, 0.15) is 29.0 Å². The number of nitrogens with one attached hydrogen (secondary N) is 1. The summed E-state index contributed by atoms with van der Waals surface area (Å²) in [6.45, 7) is 3.07. The molecule has 0 saturated carbocycles. The SMILES string of the molecule is C[C@@H](NC(=O)c1cn(CCN)cn1)c1ccc(Cl)cc1. The first kappa shape index (κ1) is 14.6. The zero-order valence-corrected chi connectivity index (χ0v) is 12.0. The molecule has 0 radical (unpaired) electrons. The Hall–Kier alpha value is -1.85. The van der Waals surface area contributed by atoms with Gasteiger partial charge in [0.1, 0.15) is 5.69 Å². The molecule has 2 rings (SSSR count). The van der Waals surface area contributed by atoms with Crippen LogP contribution in [0.3, 0.4) is 0 Å². The van der Waals surface area contributed by atoms with E-state index in [1.54, 1.807) is 29.2 Å². The van der Waals surface area contributed by atoms with Gasteiger partial charge in [0.2, 0.25) is 0 Å². The Kier molecular flexibility index (Phi) is 4.76. The van der Waals surface area contributed by atoms with Crippen molar-refractivity contribution in [1.29, 1.82) is 0 Å². The quantitative estimate of drug-likeness (QED) is 0.885. The minimum Gasteiger partial charge on any atom is -0.344 e. The van der Waals surface area contributed by atoms with E-state index in [1.807, 2.05) is 19.1 Å². The maximum Gasteiger partial charge on any atom is 0.271 e. The zero-order valence-electron chi connectivity index (χ0n) is 11.2. The fourth-order valence-corrected chi connectivity index (χ4v) is 1.98. The lowest BCUT2D eigenvalue weighted by Gasteiger charge is -2.13. The molecule has 0 unspecified atom stereocenters.